The highest BCUT2D eigenvalue weighted by Crippen LogP contribution is 2.38. The van der Waals surface area contributed by atoms with Crippen LogP contribution in [0, 0.1) is 11.6 Å². The van der Waals surface area contributed by atoms with Crippen LogP contribution in [-0.4, -0.2) is 9.97 Å². The fourth-order valence-electron chi connectivity index (χ4n) is 2.23. The number of nitrogens with one attached hydrogen (secondary N) is 1. The fraction of sp³-hybridized carbons (Fsp3) is 0.133. The Hall–Kier alpha value is -2.65. The molecule has 0 unspecified atom stereocenters. The Labute approximate surface area is 134 Å². The highest BCUT2D eigenvalue weighted by molar-refractivity contribution is 5.79. The van der Waals surface area contributed by atoms with Crippen LogP contribution in [0.2, 0.25) is 0 Å². The third-order valence-corrected chi connectivity index (χ3v) is 3.39. The van der Waals surface area contributed by atoms with E-state index in [1.165, 1.54) is 0 Å². The van der Waals surface area contributed by atoms with E-state index in [2.05, 4.69) is 9.97 Å². The molecular weight excluding hydrogens is 360 g/mol. The molecule has 2 aromatic carbocycles. The molecular formula is C15H6F8N2. The lowest BCUT2D eigenvalue weighted by Crippen LogP contribution is -2.11. The Morgan fingerprint density at radius 1 is 0.720 bits per heavy atom. The van der Waals surface area contributed by atoms with E-state index < -0.39 is 40.7 Å². The first-order chi connectivity index (χ1) is 11.4. The summed E-state index contributed by atoms with van der Waals surface area (Å²) in [4.78, 5) is 6.12. The van der Waals surface area contributed by atoms with E-state index in [9.17, 15) is 35.1 Å². The molecule has 1 N–H and O–H groups in total. The van der Waals surface area contributed by atoms with Crippen molar-refractivity contribution in [3.8, 4) is 11.4 Å². The molecule has 0 radical (unpaired) electrons. The van der Waals surface area contributed by atoms with Crippen LogP contribution in [0.15, 0.2) is 30.3 Å². The lowest BCUT2D eigenvalue weighted by Gasteiger charge is -2.13. The van der Waals surface area contributed by atoms with E-state index in [1.54, 1.807) is 0 Å². The predicted molar refractivity (Wildman–Crippen MR) is 71.4 cm³/mol. The summed E-state index contributed by atoms with van der Waals surface area (Å²) >= 11 is 0. The molecule has 10 heteroatoms. The number of aromatic amines is 1. The first kappa shape index (κ1) is 17.2. The molecule has 0 fully saturated rings. The van der Waals surface area contributed by atoms with Gasteiger partial charge in [-0.15, -0.1) is 0 Å². The highest BCUT2D eigenvalue weighted by Gasteiger charge is 2.37. The van der Waals surface area contributed by atoms with E-state index in [0.29, 0.717) is 24.3 Å². The summed E-state index contributed by atoms with van der Waals surface area (Å²) in [6.45, 7) is 0. The van der Waals surface area contributed by atoms with Crippen LogP contribution in [0.3, 0.4) is 0 Å². The fourth-order valence-corrected chi connectivity index (χ4v) is 2.23. The normalized spacial score (nSPS) is 12.8. The van der Waals surface area contributed by atoms with Crippen LogP contribution in [0.4, 0.5) is 35.1 Å². The number of imidazole rings is 1. The number of H-pyrrole nitrogens is 1. The average Bonchev–Trinajstić information content (AvgIpc) is 2.88. The van der Waals surface area contributed by atoms with Crippen LogP contribution in [0.1, 0.15) is 11.1 Å². The quantitative estimate of drug-likeness (QED) is 0.563. The molecule has 0 bridgehead atoms. The predicted octanol–water partition coefficient (Wildman–Crippen LogP) is 5.55. The van der Waals surface area contributed by atoms with E-state index in [4.69, 9.17) is 0 Å². The Balaban J connectivity index is 2.22. The maximum atomic E-state index is 13.2. The minimum Gasteiger partial charge on any atom is -0.338 e. The van der Waals surface area contributed by atoms with Gasteiger partial charge in [-0.3, -0.25) is 0 Å². The van der Waals surface area contributed by atoms with Gasteiger partial charge in [0.1, 0.15) is 5.82 Å². The number of alkyl halides is 6. The van der Waals surface area contributed by atoms with Crippen molar-refractivity contribution in [3.05, 3.63) is 53.1 Å². The van der Waals surface area contributed by atoms with Crippen LogP contribution in [0.25, 0.3) is 22.4 Å². The second-order valence-electron chi connectivity index (χ2n) is 5.16. The molecule has 3 aromatic rings. The SMILES string of the molecule is Fc1cc2nc(-c3cc(C(F)(F)F)cc(C(F)(F)F)c3)[nH]c2cc1F. The molecule has 0 aliphatic heterocycles. The largest absolute Gasteiger partial charge is 0.416 e. The van der Waals surface area contributed by atoms with Gasteiger partial charge in [-0.05, 0) is 18.2 Å². The summed E-state index contributed by atoms with van der Waals surface area (Å²) in [5.41, 5.74) is -3.76. The van der Waals surface area contributed by atoms with Gasteiger partial charge in [0, 0.05) is 17.7 Å². The zero-order valence-electron chi connectivity index (χ0n) is 11.9. The maximum Gasteiger partial charge on any atom is 0.416 e. The van der Waals surface area contributed by atoms with E-state index in [0.717, 1.165) is 0 Å². The van der Waals surface area contributed by atoms with Gasteiger partial charge in [0.2, 0.25) is 0 Å². The molecule has 25 heavy (non-hydrogen) atoms. The molecule has 0 atom stereocenters. The second-order valence-corrected chi connectivity index (χ2v) is 5.16. The molecule has 0 aliphatic carbocycles. The van der Waals surface area contributed by atoms with Crippen molar-refractivity contribution in [1.29, 1.82) is 0 Å². The third-order valence-electron chi connectivity index (χ3n) is 3.39. The summed E-state index contributed by atoms with van der Waals surface area (Å²) in [6.07, 6.45) is -10.0. The Morgan fingerprint density at radius 3 is 1.76 bits per heavy atom. The number of benzene rings is 2. The zero-order valence-corrected chi connectivity index (χ0v) is 11.9. The van der Waals surface area contributed by atoms with Crippen molar-refractivity contribution in [2.45, 2.75) is 12.4 Å². The number of halogens is 8. The smallest absolute Gasteiger partial charge is 0.338 e. The van der Waals surface area contributed by atoms with Crippen molar-refractivity contribution >= 4 is 11.0 Å². The molecule has 3 rings (SSSR count). The summed E-state index contributed by atoms with van der Waals surface area (Å²) in [5.74, 6) is -2.86. The zero-order chi connectivity index (χ0) is 18.6. The average molecular weight is 366 g/mol. The van der Waals surface area contributed by atoms with Crippen molar-refractivity contribution in [1.82, 2.24) is 9.97 Å². The first-order valence-corrected chi connectivity index (χ1v) is 6.60. The summed E-state index contributed by atoms with van der Waals surface area (Å²) in [5, 5.41) is 0. The molecule has 2 nitrogen and oxygen atoms in total. The van der Waals surface area contributed by atoms with E-state index in [-0.39, 0.29) is 22.9 Å². The van der Waals surface area contributed by atoms with Gasteiger partial charge in [-0.25, -0.2) is 13.8 Å². The van der Waals surface area contributed by atoms with E-state index in [1.807, 2.05) is 0 Å². The third kappa shape index (κ3) is 3.28. The molecule has 0 saturated carbocycles. The lowest BCUT2D eigenvalue weighted by atomic mass is 10.0. The van der Waals surface area contributed by atoms with Crippen LogP contribution >= 0.6 is 0 Å². The van der Waals surface area contributed by atoms with Crippen molar-refractivity contribution in [2.75, 3.05) is 0 Å². The monoisotopic (exact) mass is 366 g/mol. The Bertz CT molecular complexity index is 881. The molecule has 132 valence electrons. The maximum absolute atomic E-state index is 13.2. The minimum atomic E-state index is -5.01. The van der Waals surface area contributed by atoms with Crippen molar-refractivity contribution < 1.29 is 35.1 Å². The summed E-state index contributed by atoms with van der Waals surface area (Å²) < 4.78 is 104. The topological polar surface area (TPSA) is 28.7 Å². The second kappa shape index (κ2) is 5.43. The summed E-state index contributed by atoms with van der Waals surface area (Å²) in [7, 11) is 0. The first-order valence-electron chi connectivity index (χ1n) is 6.60. The minimum absolute atomic E-state index is 0.0223. The number of fused-ring (bicyclic) bond motifs is 1. The molecule has 0 saturated heterocycles. The summed E-state index contributed by atoms with van der Waals surface area (Å²) in [6, 6.07) is 2.31. The number of nitrogens with zero attached hydrogens (tertiary/aromatic N) is 1. The molecule has 0 spiro atoms. The highest BCUT2D eigenvalue weighted by atomic mass is 19.4. The van der Waals surface area contributed by atoms with Crippen molar-refractivity contribution in [3.63, 3.8) is 0 Å². The van der Waals surface area contributed by atoms with Gasteiger partial charge in [0.05, 0.1) is 22.2 Å². The Kier molecular flexibility index (Phi) is 3.73. The molecule has 1 heterocycles. The Morgan fingerprint density at radius 2 is 1.24 bits per heavy atom. The van der Waals surface area contributed by atoms with Crippen molar-refractivity contribution in [2.24, 2.45) is 0 Å². The van der Waals surface area contributed by atoms with Gasteiger partial charge in [0.15, 0.2) is 11.6 Å². The number of aromatic nitrogens is 2. The van der Waals surface area contributed by atoms with Crippen LogP contribution in [0.5, 0.6) is 0 Å². The number of hydrogen-bond acceptors (Lipinski definition) is 1. The number of rotatable bonds is 1. The number of hydrogen-bond donors (Lipinski definition) is 1. The molecule has 1 aromatic heterocycles. The van der Waals surface area contributed by atoms with E-state index >= 15 is 0 Å². The lowest BCUT2D eigenvalue weighted by molar-refractivity contribution is -0.143. The molecule has 0 amide bonds. The van der Waals surface area contributed by atoms with Gasteiger partial charge in [-0.1, -0.05) is 0 Å². The van der Waals surface area contributed by atoms with Gasteiger partial charge < -0.3 is 4.98 Å². The van der Waals surface area contributed by atoms with Crippen LogP contribution in [-0.2, 0) is 12.4 Å². The molecule has 0 aliphatic rings. The van der Waals surface area contributed by atoms with Gasteiger partial charge in [0.25, 0.3) is 0 Å². The van der Waals surface area contributed by atoms with Gasteiger partial charge >= 0.3 is 12.4 Å². The van der Waals surface area contributed by atoms with Crippen LogP contribution < -0.4 is 0 Å². The van der Waals surface area contributed by atoms with Gasteiger partial charge in [-0.2, -0.15) is 26.3 Å². The standard InChI is InChI=1S/C15H6F8N2/c16-9-4-11-12(5-10(9)17)25-13(24-11)6-1-7(14(18,19)20)3-8(2-6)15(21,22)23/h1-5H,(H,24,25).